The normalized spacial score (nSPS) is 16.9. The highest BCUT2D eigenvalue weighted by molar-refractivity contribution is 5.93. The molecule has 0 spiro atoms. The lowest BCUT2D eigenvalue weighted by Gasteiger charge is -2.33. The molecule has 0 saturated carbocycles. The second-order valence-electron chi connectivity index (χ2n) is 9.69. The second-order valence-corrected chi connectivity index (χ2v) is 9.69. The van der Waals surface area contributed by atoms with E-state index in [1.165, 1.54) is 5.56 Å². The number of carbonyl (C=O) groups is 2. The van der Waals surface area contributed by atoms with Gasteiger partial charge in [-0.15, -0.1) is 0 Å². The van der Waals surface area contributed by atoms with Crippen LogP contribution in [-0.2, 0) is 15.0 Å². The van der Waals surface area contributed by atoms with Gasteiger partial charge in [-0.25, -0.2) is 0 Å². The third kappa shape index (κ3) is 5.41. The van der Waals surface area contributed by atoms with E-state index >= 15 is 0 Å². The minimum Gasteiger partial charge on any atom is -0.481 e. The average molecular weight is 453 g/mol. The molecule has 0 bridgehead atoms. The largest absolute Gasteiger partial charge is 0.481 e. The van der Waals surface area contributed by atoms with Gasteiger partial charge in [0, 0.05) is 30.8 Å². The van der Waals surface area contributed by atoms with Gasteiger partial charge in [0.25, 0.3) is 5.91 Å². The van der Waals surface area contributed by atoms with E-state index in [0.29, 0.717) is 48.9 Å². The Morgan fingerprint density at radius 2 is 1.70 bits per heavy atom. The van der Waals surface area contributed by atoms with Gasteiger partial charge in [-0.05, 0) is 55.0 Å². The molecule has 0 aliphatic carbocycles. The molecule has 2 heterocycles. The number of amides is 2. The molecule has 33 heavy (non-hydrogen) atoms. The monoisotopic (exact) mass is 452 g/mol. The fourth-order valence-electron chi connectivity index (χ4n) is 4.13. The molecule has 1 saturated heterocycles. The maximum absolute atomic E-state index is 12.9. The first-order valence-electron chi connectivity index (χ1n) is 11.5. The predicted molar refractivity (Wildman–Crippen MR) is 126 cm³/mol. The number of rotatable bonds is 5. The van der Waals surface area contributed by atoms with E-state index in [0.717, 1.165) is 0 Å². The van der Waals surface area contributed by atoms with Crippen molar-refractivity contribution in [3.05, 3.63) is 48.0 Å². The average Bonchev–Trinajstić information content (AvgIpc) is 3.26. The number of nitrogens with one attached hydrogen (secondary N) is 1. The molecule has 2 aliphatic heterocycles. The lowest BCUT2D eigenvalue weighted by atomic mass is 9.87. The van der Waals surface area contributed by atoms with Crippen LogP contribution in [-0.4, -0.2) is 42.7 Å². The van der Waals surface area contributed by atoms with Crippen molar-refractivity contribution in [3.63, 3.8) is 0 Å². The van der Waals surface area contributed by atoms with Crippen molar-refractivity contribution in [1.82, 2.24) is 4.90 Å². The Bertz CT molecular complexity index is 1000. The molecule has 2 amide bonds. The molecule has 1 fully saturated rings. The maximum atomic E-state index is 12.9. The molecule has 0 unspecified atom stereocenters. The van der Waals surface area contributed by atoms with Gasteiger partial charge in [0.05, 0.1) is 0 Å². The molecule has 2 aliphatic rings. The highest BCUT2D eigenvalue weighted by Gasteiger charge is 2.30. The Morgan fingerprint density at radius 1 is 1.03 bits per heavy atom. The van der Waals surface area contributed by atoms with Crippen LogP contribution in [0.15, 0.2) is 42.5 Å². The van der Waals surface area contributed by atoms with Gasteiger partial charge in [0.2, 0.25) is 12.7 Å². The van der Waals surface area contributed by atoms with Gasteiger partial charge in [-0.1, -0.05) is 32.9 Å². The quantitative estimate of drug-likeness (QED) is 0.730. The zero-order chi connectivity index (χ0) is 23.6. The Hall–Kier alpha value is -3.22. The van der Waals surface area contributed by atoms with E-state index in [2.05, 4.69) is 26.1 Å². The number of carbonyl (C=O) groups excluding carboxylic acids is 2. The van der Waals surface area contributed by atoms with Gasteiger partial charge in [-0.2, -0.15) is 0 Å². The second kappa shape index (κ2) is 9.33. The molecule has 2 aromatic rings. The number of fused-ring (bicyclic) bond motifs is 1. The fourth-order valence-corrected chi connectivity index (χ4v) is 4.13. The van der Waals surface area contributed by atoms with Crippen molar-refractivity contribution in [2.45, 2.75) is 52.1 Å². The van der Waals surface area contributed by atoms with E-state index < -0.39 is 6.10 Å². The number of likely N-dealkylation sites (tertiary alicyclic amines) is 1. The standard InChI is InChI=1S/C26H32N2O5/c1-17(33-21-8-5-19(6-9-21)26(2,3)4)25(30)28-13-11-18(12-14-28)24(29)27-20-7-10-22-23(15-20)32-16-31-22/h5-10,15,17-18H,11-14,16H2,1-4H3,(H,27,29)/t17-/m0/s1. The maximum Gasteiger partial charge on any atom is 0.263 e. The highest BCUT2D eigenvalue weighted by atomic mass is 16.7. The lowest BCUT2D eigenvalue weighted by Crippen LogP contribution is -2.46. The minimum atomic E-state index is -0.579. The summed E-state index contributed by atoms with van der Waals surface area (Å²) >= 11 is 0. The van der Waals surface area contributed by atoms with Gasteiger partial charge in [-0.3, -0.25) is 9.59 Å². The zero-order valence-corrected chi connectivity index (χ0v) is 19.7. The molecule has 7 heteroatoms. The Morgan fingerprint density at radius 3 is 2.36 bits per heavy atom. The van der Waals surface area contributed by atoms with Crippen LogP contribution in [0.2, 0.25) is 0 Å². The minimum absolute atomic E-state index is 0.0378. The summed E-state index contributed by atoms with van der Waals surface area (Å²) in [5, 5.41) is 2.95. The summed E-state index contributed by atoms with van der Waals surface area (Å²) in [4.78, 5) is 27.4. The van der Waals surface area contributed by atoms with Crippen molar-refractivity contribution in [2.24, 2.45) is 5.92 Å². The van der Waals surface area contributed by atoms with Crippen LogP contribution in [0, 0.1) is 5.92 Å². The van der Waals surface area contributed by atoms with Crippen LogP contribution in [0.4, 0.5) is 5.69 Å². The summed E-state index contributed by atoms with van der Waals surface area (Å²) in [6.45, 7) is 9.53. The third-order valence-electron chi connectivity index (χ3n) is 6.20. The number of hydrogen-bond acceptors (Lipinski definition) is 5. The summed E-state index contributed by atoms with van der Waals surface area (Å²) in [6.07, 6.45) is 0.661. The molecule has 0 radical (unpaired) electrons. The smallest absolute Gasteiger partial charge is 0.263 e. The van der Waals surface area contributed by atoms with Crippen LogP contribution in [0.1, 0.15) is 46.1 Å². The van der Waals surface area contributed by atoms with Gasteiger partial charge < -0.3 is 24.4 Å². The fraction of sp³-hybridized carbons (Fsp3) is 0.462. The molecule has 4 rings (SSSR count). The van der Waals surface area contributed by atoms with Crippen LogP contribution < -0.4 is 19.5 Å². The molecular formula is C26H32N2O5. The summed E-state index contributed by atoms with van der Waals surface area (Å²) in [5.74, 6) is 1.77. The number of hydrogen-bond donors (Lipinski definition) is 1. The summed E-state index contributed by atoms with van der Waals surface area (Å²) in [7, 11) is 0. The third-order valence-corrected chi connectivity index (χ3v) is 6.20. The summed E-state index contributed by atoms with van der Waals surface area (Å²) in [6, 6.07) is 13.3. The van der Waals surface area contributed by atoms with Crippen molar-refractivity contribution in [2.75, 3.05) is 25.2 Å². The molecule has 1 atom stereocenters. The Kier molecular flexibility index (Phi) is 6.49. The van der Waals surface area contributed by atoms with Crippen molar-refractivity contribution in [3.8, 4) is 17.2 Å². The number of anilines is 1. The van der Waals surface area contributed by atoms with Crippen LogP contribution >= 0.6 is 0 Å². The van der Waals surface area contributed by atoms with E-state index in [-0.39, 0.29) is 29.9 Å². The molecule has 1 N–H and O–H groups in total. The first-order valence-corrected chi connectivity index (χ1v) is 11.5. The highest BCUT2D eigenvalue weighted by Crippen LogP contribution is 2.34. The SMILES string of the molecule is C[C@H](Oc1ccc(C(C)(C)C)cc1)C(=O)N1CCC(C(=O)Nc2ccc3c(c2)OCO3)CC1. The van der Waals surface area contributed by atoms with Crippen molar-refractivity contribution < 1.29 is 23.8 Å². The zero-order valence-electron chi connectivity index (χ0n) is 19.7. The van der Waals surface area contributed by atoms with Crippen LogP contribution in [0.25, 0.3) is 0 Å². The van der Waals surface area contributed by atoms with E-state index in [1.54, 1.807) is 30.0 Å². The molecular weight excluding hydrogens is 420 g/mol. The van der Waals surface area contributed by atoms with E-state index in [9.17, 15) is 9.59 Å². The Labute approximate surface area is 195 Å². The topological polar surface area (TPSA) is 77.1 Å². The van der Waals surface area contributed by atoms with Crippen molar-refractivity contribution >= 4 is 17.5 Å². The van der Waals surface area contributed by atoms with Gasteiger partial charge in [0.1, 0.15) is 5.75 Å². The van der Waals surface area contributed by atoms with Crippen LogP contribution in [0.5, 0.6) is 17.2 Å². The Balaban J connectivity index is 1.26. The number of benzene rings is 2. The lowest BCUT2D eigenvalue weighted by molar-refractivity contribution is -0.140. The molecule has 2 aromatic carbocycles. The first kappa shape index (κ1) is 23.0. The molecule has 7 nitrogen and oxygen atoms in total. The van der Waals surface area contributed by atoms with Gasteiger partial charge in [0.15, 0.2) is 17.6 Å². The summed E-state index contributed by atoms with van der Waals surface area (Å²) < 4.78 is 16.6. The van der Waals surface area contributed by atoms with E-state index in [4.69, 9.17) is 14.2 Å². The van der Waals surface area contributed by atoms with E-state index in [1.807, 2.05) is 24.3 Å². The number of piperidine rings is 1. The first-order chi connectivity index (χ1) is 15.7. The number of ether oxygens (including phenoxy) is 3. The predicted octanol–water partition coefficient (Wildman–Crippen LogP) is 4.36. The molecule has 0 aromatic heterocycles. The molecule has 176 valence electrons. The number of nitrogens with zero attached hydrogens (tertiary/aromatic N) is 1. The van der Waals surface area contributed by atoms with Crippen LogP contribution in [0.3, 0.4) is 0 Å². The van der Waals surface area contributed by atoms with Gasteiger partial charge >= 0.3 is 0 Å². The summed E-state index contributed by atoms with van der Waals surface area (Å²) in [5.41, 5.74) is 1.97. The van der Waals surface area contributed by atoms with Crippen molar-refractivity contribution in [1.29, 1.82) is 0 Å².